The van der Waals surface area contributed by atoms with Crippen molar-refractivity contribution < 1.29 is 17.9 Å². The van der Waals surface area contributed by atoms with Gasteiger partial charge in [-0.2, -0.15) is 0 Å². The molecule has 1 N–H and O–H groups in total. The van der Waals surface area contributed by atoms with Gasteiger partial charge in [-0.25, -0.2) is 13.1 Å². The van der Waals surface area contributed by atoms with Crippen LogP contribution in [0.3, 0.4) is 0 Å². The lowest BCUT2D eigenvalue weighted by Crippen LogP contribution is -2.23. The monoisotopic (exact) mass is 384 g/mol. The minimum absolute atomic E-state index is 0.0807. The first-order valence-corrected chi connectivity index (χ1v) is 9.75. The highest BCUT2D eigenvalue weighted by Crippen LogP contribution is 2.32. The van der Waals surface area contributed by atoms with Crippen molar-refractivity contribution in [2.24, 2.45) is 0 Å². The van der Waals surface area contributed by atoms with Crippen molar-refractivity contribution in [3.63, 3.8) is 0 Å². The Bertz CT molecular complexity index is 1020. The number of hydrogen-bond acceptors (Lipinski definition) is 5. The van der Waals surface area contributed by atoms with Crippen molar-refractivity contribution >= 4 is 10.0 Å². The number of ether oxygens (including phenoxy) is 2. The number of rotatable bonds is 7. The fourth-order valence-corrected chi connectivity index (χ4v) is 3.61. The van der Waals surface area contributed by atoms with Crippen molar-refractivity contribution in [1.82, 2.24) is 9.71 Å². The number of nitrogens with one attached hydrogen (secondary N) is 1. The molecule has 1 heterocycles. The van der Waals surface area contributed by atoms with Crippen molar-refractivity contribution in [3.8, 4) is 22.8 Å². The number of aromatic nitrogens is 1. The highest BCUT2D eigenvalue weighted by Gasteiger charge is 2.14. The third kappa shape index (κ3) is 4.45. The van der Waals surface area contributed by atoms with Gasteiger partial charge in [-0.05, 0) is 42.5 Å². The quantitative estimate of drug-likeness (QED) is 0.677. The van der Waals surface area contributed by atoms with E-state index >= 15 is 0 Å². The summed E-state index contributed by atoms with van der Waals surface area (Å²) in [6, 6.07) is 19.1. The summed E-state index contributed by atoms with van der Waals surface area (Å²) in [6.07, 6.45) is 0. The fourth-order valence-electron chi connectivity index (χ4n) is 2.59. The van der Waals surface area contributed by atoms with Crippen molar-refractivity contribution in [1.29, 1.82) is 0 Å². The van der Waals surface area contributed by atoms with Crippen LogP contribution in [-0.2, 0) is 16.6 Å². The molecule has 0 bridgehead atoms. The Kier molecular flexibility index (Phi) is 5.73. The Balaban J connectivity index is 1.85. The van der Waals surface area contributed by atoms with E-state index < -0.39 is 10.0 Å². The van der Waals surface area contributed by atoms with Gasteiger partial charge in [0.15, 0.2) is 0 Å². The Labute approximate surface area is 158 Å². The molecular formula is C20H20N2O4S. The van der Waals surface area contributed by atoms with Gasteiger partial charge in [-0.15, -0.1) is 0 Å². The van der Waals surface area contributed by atoms with Gasteiger partial charge in [-0.3, -0.25) is 4.98 Å². The molecule has 0 aliphatic carbocycles. The molecule has 0 aliphatic rings. The summed E-state index contributed by atoms with van der Waals surface area (Å²) in [7, 11) is -0.417. The zero-order chi connectivity index (χ0) is 19.3. The molecule has 0 aliphatic heterocycles. The second kappa shape index (κ2) is 8.20. The van der Waals surface area contributed by atoms with Gasteiger partial charge in [0, 0.05) is 5.56 Å². The van der Waals surface area contributed by atoms with Gasteiger partial charge in [0.05, 0.1) is 37.0 Å². The number of pyridine rings is 1. The number of nitrogens with zero attached hydrogens (tertiary/aromatic N) is 1. The largest absolute Gasteiger partial charge is 0.497 e. The molecule has 7 heteroatoms. The van der Waals surface area contributed by atoms with Crippen LogP contribution in [0.4, 0.5) is 0 Å². The summed E-state index contributed by atoms with van der Waals surface area (Å²) >= 11 is 0. The maximum absolute atomic E-state index is 12.4. The van der Waals surface area contributed by atoms with E-state index in [4.69, 9.17) is 9.47 Å². The number of benzene rings is 2. The zero-order valence-electron chi connectivity index (χ0n) is 15.0. The summed E-state index contributed by atoms with van der Waals surface area (Å²) < 4.78 is 38.0. The smallest absolute Gasteiger partial charge is 0.240 e. The SMILES string of the molecule is COc1ccc(OC)c(-c2cccc(CNS(=O)(=O)c3ccccc3)n2)c1. The van der Waals surface area contributed by atoms with Gasteiger partial charge in [0.25, 0.3) is 0 Å². The third-order valence-electron chi connectivity index (χ3n) is 3.99. The molecule has 0 saturated carbocycles. The van der Waals surface area contributed by atoms with Crippen LogP contribution in [0.1, 0.15) is 5.69 Å². The summed E-state index contributed by atoms with van der Waals surface area (Å²) in [6.45, 7) is 0.0807. The molecule has 6 nitrogen and oxygen atoms in total. The van der Waals surface area contributed by atoms with Crippen molar-refractivity contribution in [3.05, 3.63) is 72.4 Å². The molecule has 0 atom stereocenters. The minimum Gasteiger partial charge on any atom is -0.497 e. The van der Waals surface area contributed by atoms with Crippen LogP contribution in [0.5, 0.6) is 11.5 Å². The molecule has 3 aromatic rings. The lowest BCUT2D eigenvalue weighted by atomic mass is 10.1. The van der Waals surface area contributed by atoms with Gasteiger partial charge < -0.3 is 9.47 Å². The highest BCUT2D eigenvalue weighted by molar-refractivity contribution is 7.89. The van der Waals surface area contributed by atoms with Crippen LogP contribution in [-0.4, -0.2) is 27.6 Å². The Morgan fingerprint density at radius 2 is 1.70 bits per heavy atom. The average Bonchev–Trinajstić information content (AvgIpc) is 2.72. The first kappa shape index (κ1) is 18.9. The molecular weight excluding hydrogens is 364 g/mol. The summed E-state index contributed by atoms with van der Waals surface area (Å²) in [5.74, 6) is 1.34. The highest BCUT2D eigenvalue weighted by atomic mass is 32.2. The standard InChI is InChI=1S/C20H20N2O4S/c1-25-16-11-12-20(26-2)18(13-16)19-10-6-7-15(22-19)14-21-27(23,24)17-8-4-3-5-9-17/h3-13,21H,14H2,1-2H3. The predicted octanol–water partition coefficient (Wildman–Crippen LogP) is 3.24. The van der Waals surface area contributed by atoms with E-state index in [-0.39, 0.29) is 11.4 Å². The fraction of sp³-hybridized carbons (Fsp3) is 0.150. The number of methoxy groups -OCH3 is 2. The van der Waals surface area contributed by atoms with Gasteiger partial charge in [-0.1, -0.05) is 24.3 Å². The Morgan fingerprint density at radius 3 is 2.41 bits per heavy atom. The molecule has 0 saturated heterocycles. The van der Waals surface area contributed by atoms with Crippen LogP contribution < -0.4 is 14.2 Å². The van der Waals surface area contributed by atoms with E-state index in [1.54, 1.807) is 62.8 Å². The normalized spacial score (nSPS) is 11.2. The van der Waals surface area contributed by atoms with Gasteiger partial charge >= 0.3 is 0 Å². The van der Waals surface area contributed by atoms with Crippen LogP contribution in [0, 0.1) is 0 Å². The van der Waals surface area contributed by atoms with Crippen molar-refractivity contribution in [2.45, 2.75) is 11.4 Å². The maximum atomic E-state index is 12.4. The Hall–Kier alpha value is -2.90. The lowest BCUT2D eigenvalue weighted by molar-refractivity contribution is 0.404. The number of hydrogen-bond donors (Lipinski definition) is 1. The maximum Gasteiger partial charge on any atom is 0.240 e. The van der Waals surface area contributed by atoms with Crippen molar-refractivity contribution in [2.75, 3.05) is 14.2 Å². The molecule has 0 unspecified atom stereocenters. The van der Waals surface area contributed by atoms with E-state index in [0.29, 0.717) is 22.9 Å². The molecule has 0 radical (unpaired) electrons. The van der Waals surface area contributed by atoms with Crippen LogP contribution in [0.15, 0.2) is 71.6 Å². The average molecular weight is 384 g/mol. The van der Waals surface area contributed by atoms with Gasteiger partial charge in [0.2, 0.25) is 10.0 Å². The van der Waals surface area contributed by atoms with E-state index in [9.17, 15) is 8.42 Å². The molecule has 0 fully saturated rings. The summed E-state index contributed by atoms with van der Waals surface area (Å²) in [5, 5.41) is 0. The predicted molar refractivity (Wildman–Crippen MR) is 103 cm³/mol. The van der Waals surface area contributed by atoms with E-state index in [1.165, 1.54) is 0 Å². The summed E-state index contributed by atoms with van der Waals surface area (Å²) in [5.41, 5.74) is 2.03. The molecule has 1 aromatic heterocycles. The molecule has 3 rings (SSSR count). The first-order valence-electron chi connectivity index (χ1n) is 8.26. The van der Waals surface area contributed by atoms with E-state index in [1.807, 2.05) is 18.2 Å². The molecule has 0 spiro atoms. The zero-order valence-corrected chi connectivity index (χ0v) is 15.9. The molecule has 0 amide bonds. The van der Waals surface area contributed by atoms with E-state index in [0.717, 1.165) is 5.56 Å². The third-order valence-corrected chi connectivity index (χ3v) is 5.40. The second-order valence-corrected chi connectivity index (χ2v) is 7.48. The van der Waals surface area contributed by atoms with E-state index in [2.05, 4.69) is 9.71 Å². The first-order chi connectivity index (χ1) is 13.0. The summed E-state index contributed by atoms with van der Waals surface area (Å²) in [4.78, 5) is 4.78. The topological polar surface area (TPSA) is 77.5 Å². The molecule has 27 heavy (non-hydrogen) atoms. The second-order valence-electron chi connectivity index (χ2n) is 5.72. The van der Waals surface area contributed by atoms with Crippen LogP contribution in [0.25, 0.3) is 11.3 Å². The van der Waals surface area contributed by atoms with Crippen LogP contribution in [0.2, 0.25) is 0 Å². The van der Waals surface area contributed by atoms with Gasteiger partial charge in [0.1, 0.15) is 11.5 Å². The lowest BCUT2D eigenvalue weighted by Gasteiger charge is -2.11. The van der Waals surface area contributed by atoms with Crippen LogP contribution >= 0.6 is 0 Å². The molecule has 2 aromatic carbocycles. The minimum atomic E-state index is -3.59. The Morgan fingerprint density at radius 1 is 0.926 bits per heavy atom. The number of sulfonamides is 1. The molecule has 140 valence electrons.